The monoisotopic (exact) mass is 1570 g/mol. The zero-order chi connectivity index (χ0) is 78.9. The Morgan fingerprint density at radius 3 is 0.920 bits per heavy atom. The average Bonchev–Trinajstić information content (AvgIpc) is 1.61. The molecule has 0 aromatic heterocycles. The third-order valence-electron chi connectivity index (χ3n) is 33.0. The van der Waals surface area contributed by atoms with E-state index in [0.29, 0.717) is 213 Å². The second-order valence-corrected chi connectivity index (χ2v) is 39.8. The van der Waals surface area contributed by atoms with E-state index in [1.54, 1.807) is 6.92 Å². The number of rotatable bonds is 48. The lowest BCUT2D eigenvalue weighted by molar-refractivity contribution is -0.147. The predicted octanol–water partition coefficient (Wildman–Crippen LogP) is 20.1. The maximum absolute atomic E-state index is 13.4. The van der Waals surface area contributed by atoms with Crippen molar-refractivity contribution >= 4 is 47.8 Å². The third-order valence-corrected chi connectivity index (χ3v) is 33.0. The summed E-state index contributed by atoms with van der Waals surface area (Å²) in [4.78, 5) is 102. The Hall–Kier alpha value is -5.28. The van der Waals surface area contributed by atoms with Crippen molar-refractivity contribution in [2.45, 2.75) is 290 Å². The summed E-state index contributed by atoms with van der Waals surface area (Å²) < 4.78 is 45.9. The van der Waals surface area contributed by atoms with Crippen molar-refractivity contribution in [1.82, 2.24) is 0 Å². The van der Waals surface area contributed by atoms with Crippen LogP contribution in [-0.2, 0) is 76.3 Å². The van der Waals surface area contributed by atoms with E-state index in [9.17, 15) is 38.4 Å². The van der Waals surface area contributed by atoms with E-state index in [1.807, 2.05) is 0 Å². The van der Waals surface area contributed by atoms with Crippen LogP contribution >= 0.6 is 0 Å². The molecular weight excluding hydrogens is 1420 g/mol. The van der Waals surface area contributed by atoms with Crippen LogP contribution in [0.5, 0.6) is 0 Å². The Labute approximate surface area is 678 Å². The number of esters is 8. The summed E-state index contributed by atoms with van der Waals surface area (Å²) >= 11 is 0. The lowest BCUT2D eigenvalue weighted by atomic mass is 9.61. The van der Waals surface area contributed by atoms with Gasteiger partial charge in [-0.3, -0.25) is 9.59 Å². The molecule has 0 saturated heterocycles. The zero-order valence-electron chi connectivity index (χ0n) is 69.9. The van der Waals surface area contributed by atoms with Gasteiger partial charge in [0.1, 0.15) is 0 Å². The van der Waals surface area contributed by atoms with Gasteiger partial charge in [0.15, 0.2) is 0 Å². The molecule has 8 bridgehead atoms. The van der Waals surface area contributed by atoms with E-state index in [2.05, 4.69) is 27.0 Å². The second kappa shape index (κ2) is 41.9. The van der Waals surface area contributed by atoms with E-state index < -0.39 is 23.9 Å². The van der Waals surface area contributed by atoms with Gasteiger partial charge in [-0.1, -0.05) is 143 Å². The molecule has 0 aromatic rings. The highest BCUT2D eigenvalue weighted by atomic mass is 16.6. The number of carbonyl (C=O) groups is 8. The lowest BCUT2D eigenvalue weighted by Crippen LogP contribution is -2.35. The molecule has 16 nitrogen and oxygen atoms in total. The van der Waals surface area contributed by atoms with Crippen LogP contribution < -0.4 is 0 Å². The maximum atomic E-state index is 13.4. The van der Waals surface area contributed by atoms with Crippen LogP contribution in [0.3, 0.4) is 0 Å². The highest BCUT2D eigenvalue weighted by Gasteiger charge is 2.60. The molecule has 0 aromatic carbocycles. The topological polar surface area (TPSA) is 210 Å². The molecule has 13 aliphatic rings. The van der Waals surface area contributed by atoms with Crippen LogP contribution in [0.4, 0.5) is 0 Å². The molecule has 13 saturated carbocycles. The van der Waals surface area contributed by atoms with Crippen LogP contribution in [0.15, 0.2) is 49.1 Å². The minimum atomic E-state index is -0.497. The van der Waals surface area contributed by atoms with Gasteiger partial charge in [-0.15, -0.1) is 0 Å². The number of ether oxygens (including phenoxy) is 8. The molecular formula is C97H146O16. The number of carbonyl (C=O) groups excluding carboxylic acids is 8. The van der Waals surface area contributed by atoms with Crippen molar-refractivity contribution < 1.29 is 76.3 Å². The van der Waals surface area contributed by atoms with Crippen molar-refractivity contribution in [2.75, 3.05) is 52.9 Å². The first-order valence-electron chi connectivity index (χ1n) is 46.9. The SMILES string of the molecule is C=CC(=O)OCC1CC2C3CC(CC3COC(=O)/C=C/C(=O)OCC3CC4C5CC(COC(=O)CCCCCCC6C(CCCCCC)CCC(CCCCCCCC)C6CCCCCCC(=O)OCC6CC7CC6C6CC(COC(=O)/C=C/C(=O)OCC8CC9CC8C8CC(COC(=O)C(=C)C)CC98)CC76)C(C5)C4C3)[C@H]2C1. The normalized spacial score (nSPS) is 36.9. The molecule has 0 aliphatic heterocycles. The van der Waals surface area contributed by atoms with Crippen molar-refractivity contribution in [3.8, 4) is 0 Å². The molecule has 13 aliphatic carbocycles. The summed E-state index contributed by atoms with van der Waals surface area (Å²) in [7, 11) is 0. The van der Waals surface area contributed by atoms with E-state index >= 15 is 0 Å². The molecule has 16 heteroatoms. The van der Waals surface area contributed by atoms with Gasteiger partial charge in [0.25, 0.3) is 0 Å². The molecule has 0 spiro atoms. The van der Waals surface area contributed by atoms with Crippen LogP contribution in [0.1, 0.15) is 290 Å². The smallest absolute Gasteiger partial charge is 0.333 e. The number of fused-ring (bicyclic) bond motifs is 20. The lowest BCUT2D eigenvalue weighted by Gasteiger charge is -2.44. The minimum absolute atomic E-state index is 0.0381. The first kappa shape index (κ1) is 85.6. The van der Waals surface area contributed by atoms with Crippen LogP contribution in [-0.4, -0.2) is 101 Å². The third kappa shape index (κ3) is 22.6. The number of hydrogen-bond donors (Lipinski definition) is 0. The Morgan fingerprint density at radius 1 is 0.292 bits per heavy atom. The second-order valence-electron chi connectivity index (χ2n) is 39.8. The fraction of sp³-hybridized carbons (Fsp3) is 0.835. The number of hydrogen-bond acceptors (Lipinski definition) is 16. The van der Waals surface area contributed by atoms with Gasteiger partial charge < -0.3 is 37.9 Å². The van der Waals surface area contributed by atoms with Gasteiger partial charge in [-0.05, 0) is 314 Å². The standard InChI is InChI=1S/C97H146O16/c1-6-9-11-13-14-20-26-67-32-31-66(25-19-12-10-7-2)76(27-21-15-17-23-29-91(99)109-57-72-45-68-49-82(72)87-42-63(38-79(68)87)54-107-93(101)33-35-95(103)111-59-74-47-70-51-84(74)86-41-62(37-78(70)86)53-106-90(98)8-3)77(67)28-22-16-18-24-30-92(100)110-58-73-46-69-50-83(73)88-43-64(39-80(69)88)55-108-94(102)34-36-96(104)112-60-75-48-71-52-85(75)89-44-65(40-81(71)89)56-113-97(105)61(4)5/h8,33-36,62-89H,3-4,6-7,9-32,37-60H2,1-2,5H3/b35-33+,36-34+/t62?,63?,64?,65?,66?,67?,68?,69?,70?,71?,72?,73?,74?,75?,76?,77?,78-,79?,80?,81?,82?,83?,84?,85?,86?,87?,88?,89?/m1/s1. The largest absolute Gasteiger partial charge is 0.465 e. The van der Waals surface area contributed by atoms with Gasteiger partial charge in [0.2, 0.25) is 0 Å². The van der Waals surface area contributed by atoms with Crippen LogP contribution in [0, 0.1) is 166 Å². The first-order valence-corrected chi connectivity index (χ1v) is 46.9. The summed E-state index contributed by atoms with van der Waals surface area (Å²) in [6.45, 7) is 17.0. The van der Waals surface area contributed by atoms with Gasteiger partial charge >= 0.3 is 47.8 Å². The molecule has 27 unspecified atom stereocenters. The fourth-order valence-electron chi connectivity index (χ4n) is 28.2. The molecule has 0 N–H and O–H groups in total. The molecule has 13 fully saturated rings. The first-order chi connectivity index (χ1) is 55.0. The molecule has 0 heterocycles. The Morgan fingerprint density at radius 2 is 0.575 bits per heavy atom. The molecule has 13 rings (SSSR count). The fourth-order valence-corrected chi connectivity index (χ4v) is 28.2. The molecule has 630 valence electrons. The quantitative estimate of drug-likeness (QED) is 0.0240. The summed E-state index contributed by atoms with van der Waals surface area (Å²) in [6, 6.07) is 0. The van der Waals surface area contributed by atoms with Crippen molar-refractivity contribution in [2.24, 2.45) is 166 Å². The molecule has 113 heavy (non-hydrogen) atoms. The minimum Gasteiger partial charge on any atom is -0.465 e. The molecule has 0 amide bonds. The van der Waals surface area contributed by atoms with E-state index in [-0.39, 0.29) is 23.9 Å². The molecule has 0 radical (unpaired) electrons. The van der Waals surface area contributed by atoms with Gasteiger partial charge in [-0.25, -0.2) is 28.8 Å². The van der Waals surface area contributed by atoms with E-state index in [0.717, 1.165) is 126 Å². The number of unbranched alkanes of at least 4 members (excludes halogenated alkanes) is 14. The van der Waals surface area contributed by atoms with Crippen molar-refractivity contribution in [3.63, 3.8) is 0 Å². The van der Waals surface area contributed by atoms with Crippen LogP contribution in [0.25, 0.3) is 0 Å². The zero-order valence-corrected chi connectivity index (χ0v) is 69.9. The maximum Gasteiger partial charge on any atom is 0.333 e. The van der Waals surface area contributed by atoms with Gasteiger partial charge in [0, 0.05) is 48.8 Å². The molecule has 28 atom stereocenters. The summed E-state index contributed by atoms with van der Waals surface area (Å²) in [6.07, 6.45) is 55.2. The summed E-state index contributed by atoms with van der Waals surface area (Å²) in [5.74, 6) is 13.2. The van der Waals surface area contributed by atoms with Gasteiger partial charge in [-0.2, -0.15) is 0 Å². The Kier molecular flexibility index (Phi) is 31.7. The van der Waals surface area contributed by atoms with E-state index in [1.165, 1.54) is 184 Å². The summed E-state index contributed by atoms with van der Waals surface area (Å²) in [5, 5.41) is 0. The van der Waals surface area contributed by atoms with Crippen molar-refractivity contribution in [3.05, 3.63) is 49.1 Å². The van der Waals surface area contributed by atoms with Crippen molar-refractivity contribution in [1.29, 1.82) is 0 Å². The highest BCUT2D eigenvalue weighted by molar-refractivity contribution is 5.92. The predicted molar refractivity (Wildman–Crippen MR) is 434 cm³/mol. The highest BCUT2D eigenvalue weighted by Crippen LogP contribution is 2.66. The van der Waals surface area contributed by atoms with Crippen LogP contribution in [0.2, 0.25) is 0 Å². The Balaban J connectivity index is 0.476. The average molecular weight is 1570 g/mol. The summed E-state index contributed by atoms with van der Waals surface area (Å²) in [5.41, 5.74) is 0.434. The van der Waals surface area contributed by atoms with E-state index in [4.69, 9.17) is 37.9 Å². The Bertz CT molecular complexity index is 3240. The van der Waals surface area contributed by atoms with Gasteiger partial charge in [0.05, 0.1) is 52.9 Å².